The van der Waals surface area contributed by atoms with Crippen molar-refractivity contribution < 1.29 is 13.9 Å². The van der Waals surface area contributed by atoms with Crippen molar-refractivity contribution in [1.82, 2.24) is 24.3 Å². The van der Waals surface area contributed by atoms with Crippen molar-refractivity contribution in [3.05, 3.63) is 42.7 Å². The van der Waals surface area contributed by atoms with Crippen molar-refractivity contribution in [2.45, 2.75) is 0 Å². The molecule has 4 heterocycles. The summed E-state index contributed by atoms with van der Waals surface area (Å²) in [6.45, 7) is 2.35. The van der Waals surface area contributed by atoms with Crippen LogP contribution in [0.25, 0.3) is 17.0 Å². The Morgan fingerprint density at radius 3 is 2.92 bits per heavy atom. The van der Waals surface area contributed by atoms with Gasteiger partial charge in [0.05, 0.1) is 31.6 Å². The number of morpholine rings is 1. The molecule has 0 aliphatic carbocycles. The largest absolute Gasteiger partial charge is 0.378 e. The zero-order valence-corrected chi connectivity index (χ0v) is 13.9. The molecule has 134 valence electrons. The molecule has 1 aliphatic rings. The van der Waals surface area contributed by atoms with Crippen molar-refractivity contribution in [2.75, 3.05) is 38.2 Å². The lowest BCUT2D eigenvalue weighted by Crippen LogP contribution is -2.43. The first-order valence-electron chi connectivity index (χ1n) is 8.27. The number of rotatable bonds is 4. The van der Waals surface area contributed by atoms with E-state index in [1.165, 1.54) is 6.07 Å². The number of carbonyl (C=O) groups is 1. The van der Waals surface area contributed by atoms with Gasteiger partial charge >= 0.3 is 0 Å². The van der Waals surface area contributed by atoms with Gasteiger partial charge in [0, 0.05) is 25.5 Å². The number of anilines is 1. The summed E-state index contributed by atoms with van der Waals surface area (Å²) in [4.78, 5) is 26.6. The van der Waals surface area contributed by atoms with Crippen LogP contribution in [0.3, 0.4) is 0 Å². The Morgan fingerprint density at radius 1 is 1.27 bits per heavy atom. The Labute approximate surface area is 148 Å². The summed E-state index contributed by atoms with van der Waals surface area (Å²) in [7, 11) is 0. The molecule has 9 heteroatoms. The highest BCUT2D eigenvalue weighted by atomic mass is 19.1. The van der Waals surface area contributed by atoms with Crippen molar-refractivity contribution in [3.8, 4) is 11.4 Å². The second kappa shape index (κ2) is 7.04. The Morgan fingerprint density at radius 2 is 2.12 bits per heavy atom. The van der Waals surface area contributed by atoms with E-state index >= 15 is 0 Å². The van der Waals surface area contributed by atoms with Crippen molar-refractivity contribution in [1.29, 1.82) is 0 Å². The molecule has 0 unspecified atom stereocenters. The van der Waals surface area contributed by atoms with Gasteiger partial charge in [-0.05, 0) is 12.1 Å². The van der Waals surface area contributed by atoms with Crippen molar-refractivity contribution in [2.24, 2.45) is 0 Å². The van der Waals surface area contributed by atoms with Crippen LogP contribution in [0.4, 0.5) is 10.2 Å². The van der Waals surface area contributed by atoms with E-state index in [0.29, 0.717) is 49.2 Å². The van der Waals surface area contributed by atoms with Gasteiger partial charge in [-0.2, -0.15) is 4.39 Å². The lowest BCUT2D eigenvalue weighted by molar-refractivity contribution is -0.133. The van der Waals surface area contributed by atoms with Gasteiger partial charge in [-0.3, -0.25) is 14.2 Å². The second-order valence-corrected chi connectivity index (χ2v) is 5.81. The van der Waals surface area contributed by atoms with E-state index in [0.717, 1.165) is 0 Å². The monoisotopic (exact) mass is 356 g/mol. The Hall–Kier alpha value is -3.07. The molecule has 1 fully saturated rings. The quantitative estimate of drug-likeness (QED) is 0.707. The Kier molecular flexibility index (Phi) is 4.44. The maximum absolute atomic E-state index is 13.5. The van der Waals surface area contributed by atoms with Gasteiger partial charge in [0.15, 0.2) is 5.65 Å². The molecule has 0 bridgehead atoms. The second-order valence-electron chi connectivity index (χ2n) is 5.81. The van der Waals surface area contributed by atoms with Crippen LogP contribution < -0.4 is 5.32 Å². The van der Waals surface area contributed by atoms with Crippen LogP contribution in [-0.4, -0.2) is 63.0 Å². The Bertz CT molecular complexity index is 938. The number of nitrogens with zero attached hydrogens (tertiary/aromatic N) is 5. The van der Waals surface area contributed by atoms with E-state index < -0.39 is 5.95 Å². The highest BCUT2D eigenvalue weighted by molar-refractivity contribution is 5.83. The summed E-state index contributed by atoms with van der Waals surface area (Å²) >= 11 is 0. The molecule has 0 aromatic carbocycles. The average Bonchev–Trinajstić information content (AvgIpc) is 3.05. The lowest BCUT2D eigenvalue weighted by atomic mass is 10.2. The molecular weight excluding hydrogens is 339 g/mol. The first-order chi connectivity index (χ1) is 12.7. The molecule has 26 heavy (non-hydrogen) atoms. The predicted octanol–water partition coefficient (Wildman–Crippen LogP) is 1.20. The van der Waals surface area contributed by atoms with Crippen LogP contribution in [-0.2, 0) is 9.53 Å². The van der Waals surface area contributed by atoms with E-state index in [4.69, 9.17) is 4.74 Å². The van der Waals surface area contributed by atoms with Gasteiger partial charge in [0.2, 0.25) is 11.9 Å². The standard InChI is InChI=1S/C17H17FN6O2/c18-13-3-1-2-12(21-13)16-17(24-5-4-19-10-14(24)22-16)20-11-15(25)23-6-8-26-9-7-23/h1-5,10,20H,6-9,11H2. The third-order valence-electron chi connectivity index (χ3n) is 4.16. The van der Waals surface area contributed by atoms with Crippen LogP contribution in [0.5, 0.6) is 0 Å². The fourth-order valence-electron chi connectivity index (χ4n) is 2.88. The number of aromatic nitrogens is 4. The number of hydrogen-bond acceptors (Lipinski definition) is 6. The van der Waals surface area contributed by atoms with E-state index in [-0.39, 0.29) is 12.5 Å². The predicted molar refractivity (Wildman–Crippen MR) is 92.1 cm³/mol. The first-order valence-corrected chi connectivity index (χ1v) is 8.27. The van der Waals surface area contributed by atoms with E-state index in [1.807, 2.05) is 0 Å². The molecule has 1 saturated heterocycles. The van der Waals surface area contributed by atoms with Crippen LogP contribution in [0.1, 0.15) is 0 Å². The number of amides is 1. The fraction of sp³-hybridized carbons (Fsp3) is 0.294. The number of nitrogens with one attached hydrogen (secondary N) is 1. The van der Waals surface area contributed by atoms with Crippen molar-refractivity contribution >= 4 is 17.4 Å². The van der Waals surface area contributed by atoms with E-state index in [2.05, 4.69) is 20.3 Å². The molecule has 1 amide bonds. The molecule has 0 spiro atoms. The summed E-state index contributed by atoms with van der Waals surface area (Å²) < 4.78 is 20.6. The SMILES string of the molecule is O=C(CNc1c(-c2cccc(F)n2)nc2cnccn12)N1CCOCC1. The minimum atomic E-state index is -0.590. The summed E-state index contributed by atoms with van der Waals surface area (Å²) in [5, 5.41) is 3.13. The lowest BCUT2D eigenvalue weighted by Gasteiger charge is -2.27. The summed E-state index contributed by atoms with van der Waals surface area (Å²) in [5.41, 5.74) is 1.43. The summed E-state index contributed by atoms with van der Waals surface area (Å²) in [6.07, 6.45) is 4.94. The third-order valence-corrected chi connectivity index (χ3v) is 4.16. The van der Waals surface area contributed by atoms with Gasteiger partial charge < -0.3 is 15.0 Å². The van der Waals surface area contributed by atoms with Gasteiger partial charge in [-0.15, -0.1) is 0 Å². The third kappa shape index (κ3) is 3.21. The number of pyridine rings is 1. The van der Waals surface area contributed by atoms with Gasteiger partial charge in [0.1, 0.15) is 11.5 Å². The minimum Gasteiger partial charge on any atom is -0.378 e. The summed E-state index contributed by atoms with van der Waals surface area (Å²) in [5.74, 6) is -0.0504. The molecule has 8 nitrogen and oxygen atoms in total. The molecule has 0 atom stereocenters. The average molecular weight is 356 g/mol. The molecule has 3 aromatic rings. The van der Waals surface area contributed by atoms with E-state index in [9.17, 15) is 9.18 Å². The van der Waals surface area contributed by atoms with Gasteiger partial charge in [-0.1, -0.05) is 6.07 Å². The number of imidazole rings is 1. The van der Waals surface area contributed by atoms with Crippen LogP contribution in [0, 0.1) is 5.95 Å². The number of carbonyl (C=O) groups excluding carboxylic acids is 1. The molecule has 3 aromatic heterocycles. The van der Waals surface area contributed by atoms with Gasteiger partial charge in [-0.25, -0.2) is 9.97 Å². The zero-order valence-electron chi connectivity index (χ0n) is 13.9. The number of ether oxygens (including phenoxy) is 1. The number of fused-ring (bicyclic) bond motifs is 1. The normalized spacial score (nSPS) is 14.6. The van der Waals surface area contributed by atoms with E-state index in [1.54, 1.807) is 40.0 Å². The fourth-order valence-corrected chi connectivity index (χ4v) is 2.88. The maximum Gasteiger partial charge on any atom is 0.242 e. The molecule has 1 aliphatic heterocycles. The van der Waals surface area contributed by atoms with Gasteiger partial charge in [0.25, 0.3) is 0 Å². The molecule has 0 radical (unpaired) electrons. The summed E-state index contributed by atoms with van der Waals surface area (Å²) in [6, 6.07) is 4.52. The highest BCUT2D eigenvalue weighted by Crippen LogP contribution is 2.27. The van der Waals surface area contributed by atoms with Crippen molar-refractivity contribution in [3.63, 3.8) is 0 Å². The van der Waals surface area contributed by atoms with Crippen LogP contribution in [0.15, 0.2) is 36.8 Å². The molecule has 1 N–H and O–H groups in total. The highest BCUT2D eigenvalue weighted by Gasteiger charge is 2.20. The van der Waals surface area contributed by atoms with Crippen LogP contribution in [0.2, 0.25) is 0 Å². The smallest absolute Gasteiger partial charge is 0.242 e. The maximum atomic E-state index is 13.5. The van der Waals surface area contributed by atoms with Crippen LogP contribution >= 0.6 is 0 Å². The zero-order chi connectivity index (χ0) is 17.9. The first kappa shape index (κ1) is 16.4. The molecule has 0 saturated carbocycles. The molecular formula is C17H17FN6O2. The molecule has 4 rings (SSSR count). The topological polar surface area (TPSA) is 84.7 Å². The Balaban J connectivity index is 1.64. The number of hydrogen-bond donors (Lipinski definition) is 1. The number of halogens is 1. The minimum absolute atomic E-state index is 0.0320.